The number of amides is 2. The lowest BCUT2D eigenvalue weighted by Crippen LogP contribution is -2.28. The molecule has 0 unspecified atom stereocenters. The van der Waals surface area contributed by atoms with Gasteiger partial charge >= 0.3 is 0 Å². The molecule has 32 heavy (non-hydrogen) atoms. The molecule has 3 rings (SSSR count). The van der Waals surface area contributed by atoms with E-state index in [1.165, 1.54) is 23.9 Å². The number of nitrogens with zero attached hydrogens (tertiary/aromatic N) is 3. The number of halogens is 3. The molecule has 2 aromatic carbocycles. The molecular formula is C21H20Cl3N5O2S. The second kappa shape index (κ2) is 10.6. The second-order valence-electron chi connectivity index (χ2n) is 7.05. The Bertz CT molecular complexity index is 1150. The Morgan fingerprint density at radius 3 is 2.47 bits per heavy atom. The van der Waals surface area contributed by atoms with Crippen LogP contribution >= 0.6 is 46.6 Å². The summed E-state index contributed by atoms with van der Waals surface area (Å²) < 4.78 is 1.74. The molecule has 0 spiro atoms. The highest BCUT2D eigenvalue weighted by Crippen LogP contribution is 2.33. The van der Waals surface area contributed by atoms with Gasteiger partial charge in [0.15, 0.2) is 11.0 Å². The number of benzene rings is 2. The first-order chi connectivity index (χ1) is 15.2. The number of carbonyl (C=O) groups is 2. The van der Waals surface area contributed by atoms with Crippen LogP contribution in [0, 0.1) is 6.92 Å². The van der Waals surface area contributed by atoms with Crippen molar-refractivity contribution in [3.05, 3.63) is 68.4 Å². The van der Waals surface area contributed by atoms with Crippen molar-refractivity contribution < 1.29 is 9.59 Å². The lowest BCUT2D eigenvalue weighted by Gasteiger charge is -2.14. The predicted molar refractivity (Wildman–Crippen MR) is 129 cm³/mol. The fourth-order valence-corrected chi connectivity index (χ4v) is 4.56. The zero-order valence-corrected chi connectivity index (χ0v) is 20.5. The number of aryl methyl sites for hydroxylation is 1. The lowest BCUT2D eigenvalue weighted by molar-refractivity contribution is -0.113. The van der Waals surface area contributed by atoms with E-state index in [2.05, 4.69) is 20.8 Å². The summed E-state index contributed by atoms with van der Waals surface area (Å²) in [5.41, 5.74) is 1.88. The lowest BCUT2D eigenvalue weighted by atomic mass is 10.1. The number of anilines is 1. The van der Waals surface area contributed by atoms with E-state index in [-0.39, 0.29) is 33.7 Å². The van der Waals surface area contributed by atoms with Crippen molar-refractivity contribution in [3.8, 4) is 0 Å². The van der Waals surface area contributed by atoms with Crippen LogP contribution in [0.1, 0.15) is 34.7 Å². The number of carbonyl (C=O) groups excluding carboxylic acids is 2. The zero-order chi connectivity index (χ0) is 23.4. The Morgan fingerprint density at radius 2 is 1.81 bits per heavy atom. The van der Waals surface area contributed by atoms with E-state index in [9.17, 15) is 9.59 Å². The van der Waals surface area contributed by atoms with E-state index in [0.29, 0.717) is 27.3 Å². The van der Waals surface area contributed by atoms with Crippen molar-refractivity contribution in [3.63, 3.8) is 0 Å². The molecule has 0 aliphatic heterocycles. The Kier molecular flexibility index (Phi) is 8.05. The third-order valence-corrected chi connectivity index (χ3v) is 6.32. The van der Waals surface area contributed by atoms with Gasteiger partial charge in [-0.1, -0.05) is 64.3 Å². The van der Waals surface area contributed by atoms with Crippen LogP contribution in [0.15, 0.2) is 41.6 Å². The van der Waals surface area contributed by atoms with Crippen LogP contribution in [-0.4, -0.2) is 32.3 Å². The summed E-state index contributed by atoms with van der Waals surface area (Å²) in [6.07, 6.45) is 0. The molecule has 11 heteroatoms. The average molecular weight is 513 g/mol. The maximum atomic E-state index is 12.5. The van der Waals surface area contributed by atoms with Crippen molar-refractivity contribution in [2.75, 3.05) is 11.1 Å². The maximum Gasteiger partial charge on any atom is 0.251 e. The smallest absolute Gasteiger partial charge is 0.251 e. The van der Waals surface area contributed by atoms with Crippen molar-refractivity contribution >= 4 is 64.1 Å². The Balaban J connectivity index is 1.61. The van der Waals surface area contributed by atoms with Gasteiger partial charge in [-0.2, -0.15) is 0 Å². The fraction of sp³-hybridized carbons (Fsp3) is 0.238. The van der Waals surface area contributed by atoms with Crippen molar-refractivity contribution in [2.45, 2.75) is 25.0 Å². The first-order valence-corrected chi connectivity index (χ1v) is 11.6. The predicted octanol–water partition coefficient (Wildman–Crippen LogP) is 5.31. The SMILES string of the molecule is Cc1cccc(C(=O)N[C@@H](C)c2nnc(SCC(=O)Nc3c(Cl)cc(Cl)cc3Cl)n2C)c1. The van der Waals surface area contributed by atoms with Crippen LogP contribution in [-0.2, 0) is 11.8 Å². The third-order valence-electron chi connectivity index (χ3n) is 4.49. The molecule has 1 atom stereocenters. The first-order valence-electron chi connectivity index (χ1n) is 9.49. The van der Waals surface area contributed by atoms with Crippen molar-refractivity contribution in [1.29, 1.82) is 0 Å². The highest BCUT2D eigenvalue weighted by atomic mass is 35.5. The largest absolute Gasteiger partial charge is 0.342 e. The topological polar surface area (TPSA) is 88.9 Å². The minimum absolute atomic E-state index is 0.0608. The van der Waals surface area contributed by atoms with E-state index < -0.39 is 0 Å². The normalized spacial score (nSPS) is 11.8. The maximum absolute atomic E-state index is 12.5. The van der Waals surface area contributed by atoms with Crippen LogP contribution < -0.4 is 10.6 Å². The fourth-order valence-electron chi connectivity index (χ4n) is 2.93. The van der Waals surface area contributed by atoms with Gasteiger partial charge in [0, 0.05) is 17.6 Å². The van der Waals surface area contributed by atoms with Gasteiger partial charge < -0.3 is 15.2 Å². The molecule has 1 aromatic heterocycles. The number of aromatic nitrogens is 3. The van der Waals surface area contributed by atoms with E-state index >= 15 is 0 Å². The minimum atomic E-state index is -0.379. The molecule has 0 saturated heterocycles. The Morgan fingerprint density at radius 1 is 1.12 bits per heavy atom. The highest BCUT2D eigenvalue weighted by molar-refractivity contribution is 7.99. The van der Waals surface area contributed by atoms with E-state index in [0.717, 1.165) is 5.56 Å². The van der Waals surface area contributed by atoms with Gasteiger partial charge in [-0.3, -0.25) is 9.59 Å². The Labute approximate surface area is 204 Å². The third kappa shape index (κ3) is 5.95. The summed E-state index contributed by atoms with van der Waals surface area (Å²) in [6, 6.07) is 9.95. The first kappa shape index (κ1) is 24.4. The van der Waals surface area contributed by atoms with Gasteiger partial charge in [-0.15, -0.1) is 10.2 Å². The molecule has 0 saturated carbocycles. The molecule has 0 bridgehead atoms. The number of rotatable bonds is 7. The van der Waals surface area contributed by atoms with E-state index in [1.807, 2.05) is 32.0 Å². The summed E-state index contributed by atoms with van der Waals surface area (Å²) in [5, 5.41) is 15.3. The molecule has 3 aromatic rings. The molecule has 0 radical (unpaired) electrons. The van der Waals surface area contributed by atoms with Crippen LogP contribution in [0.3, 0.4) is 0 Å². The van der Waals surface area contributed by atoms with Crippen LogP contribution in [0.5, 0.6) is 0 Å². The van der Waals surface area contributed by atoms with Crippen LogP contribution in [0.2, 0.25) is 15.1 Å². The van der Waals surface area contributed by atoms with Gasteiger partial charge in [0.05, 0.1) is 27.5 Å². The summed E-state index contributed by atoms with van der Waals surface area (Å²) in [7, 11) is 1.78. The second-order valence-corrected chi connectivity index (χ2v) is 9.24. The van der Waals surface area contributed by atoms with Gasteiger partial charge in [-0.25, -0.2) is 0 Å². The Hall–Kier alpha value is -2.26. The standard InChI is InChI=1S/C21H20Cl3N5O2S/c1-11-5-4-6-13(7-11)20(31)25-12(2)19-27-28-21(29(19)3)32-10-17(30)26-18-15(23)8-14(22)9-16(18)24/h4-9,12H,10H2,1-3H3,(H,25,31)(H,26,30)/t12-/m0/s1. The summed E-state index contributed by atoms with van der Waals surface area (Å²) in [5.74, 6) is 0.115. The number of thioether (sulfide) groups is 1. The molecule has 0 aliphatic carbocycles. The quantitative estimate of drug-likeness (QED) is 0.419. The molecule has 2 amide bonds. The van der Waals surface area contributed by atoms with Gasteiger partial charge in [0.2, 0.25) is 5.91 Å². The summed E-state index contributed by atoms with van der Waals surface area (Å²) in [4.78, 5) is 24.9. The van der Waals surface area contributed by atoms with Gasteiger partial charge in [-0.05, 0) is 38.1 Å². The van der Waals surface area contributed by atoms with Crippen LogP contribution in [0.25, 0.3) is 0 Å². The van der Waals surface area contributed by atoms with E-state index in [4.69, 9.17) is 34.8 Å². The van der Waals surface area contributed by atoms with Crippen molar-refractivity contribution in [1.82, 2.24) is 20.1 Å². The summed E-state index contributed by atoms with van der Waals surface area (Å²) in [6.45, 7) is 3.75. The average Bonchev–Trinajstić information content (AvgIpc) is 3.09. The van der Waals surface area contributed by atoms with Gasteiger partial charge in [0.1, 0.15) is 0 Å². The van der Waals surface area contributed by atoms with Crippen molar-refractivity contribution in [2.24, 2.45) is 7.05 Å². The summed E-state index contributed by atoms with van der Waals surface area (Å²) >= 11 is 19.3. The molecule has 1 heterocycles. The number of hydrogen-bond donors (Lipinski definition) is 2. The zero-order valence-electron chi connectivity index (χ0n) is 17.4. The number of hydrogen-bond acceptors (Lipinski definition) is 5. The van der Waals surface area contributed by atoms with Crippen LogP contribution in [0.4, 0.5) is 5.69 Å². The molecular weight excluding hydrogens is 493 g/mol. The molecule has 0 fully saturated rings. The highest BCUT2D eigenvalue weighted by Gasteiger charge is 2.19. The van der Waals surface area contributed by atoms with E-state index in [1.54, 1.807) is 17.7 Å². The van der Waals surface area contributed by atoms with Gasteiger partial charge in [0.25, 0.3) is 5.91 Å². The molecule has 7 nitrogen and oxygen atoms in total. The number of nitrogens with one attached hydrogen (secondary N) is 2. The minimum Gasteiger partial charge on any atom is -0.342 e. The monoisotopic (exact) mass is 511 g/mol. The molecule has 2 N–H and O–H groups in total. The molecule has 168 valence electrons. The molecule has 0 aliphatic rings.